The molecule has 0 spiro atoms. The third-order valence-corrected chi connectivity index (χ3v) is 4.47. The maximum absolute atomic E-state index is 11.9. The van der Waals surface area contributed by atoms with E-state index in [-0.39, 0.29) is 5.69 Å². The van der Waals surface area contributed by atoms with E-state index in [1.165, 1.54) is 0 Å². The quantitative estimate of drug-likeness (QED) is 0.856. The molecule has 1 fully saturated rings. The molecule has 1 aliphatic heterocycles. The molecule has 0 bridgehead atoms. The summed E-state index contributed by atoms with van der Waals surface area (Å²) in [5.74, 6) is 0.300. The molecule has 3 rings (SSSR count). The number of aryl methyl sites for hydroxylation is 2. The number of imidazole rings is 1. The van der Waals surface area contributed by atoms with Crippen LogP contribution in [0.25, 0.3) is 11.0 Å². The largest absolute Gasteiger partial charge is 0.388 e. The molecule has 5 nitrogen and oxygen atoms in total. The van der Waals surface area contributed by atoms with Gasteiger partial charge in [0.05, 0.1) is 17.1 Å². The van der Waals surface area contributed by atoms with E-state index < -0.39 is 6.10 Å². The molecule has 0 saturated carbocycles. The molecule has 108 valence electrons. The summed E-state index contributed by atoms with van der Waals surface area (Å²) in [4.78, 5) is 11.9. The molecule has 1 aliphatic rings. The van der Waals surface area contributed by atoms with Gasteiger partial charge in [-0.05, 0) is 49.5 Å². The fourth-order valence-electron chi connectivity index (χ4n) is 3.14. The minimum absolute atomic E-state index is 0.0338. The highest BCUT2D eigenvalue weighted by Gasteiger charge is 2.23. The Labute approximate surface area is 117 Å². The van der Waals surface area contributed by atoms with Gasteiger partial charge in [-0.25, -0.2) is 4.79 Å². The van der Waals surface area contributed by atoms with Crippen LogP contribution >= 0.6 is 0 Å². The Morgan fingerprint density at radius 3 is 2.55 bits per heavy atom. The van der Waals surface area contributed by atoms with E-state index in [1.54, 1.807) is 23.2 Å². The number of hydrogen-bond donors (Lipinski definition) is 2. The molecule has 0 amide bonds. The normalized spacial score (nSPS) is 18.6. The summed E-state index contributed by atoms with van der Waals surface area (Å²) in [5.41, 5.74) is 2.65. The molecule has 0 aliphatic carbocycles. The van der Waals surface area contributed by atoms with Crippen LogP contribution in [0.1, 0.15) is 24.5 Å². The highest BCUT2D eigenvalue weighted by molar-refractivity contribution is 5.76. The van der Waals surface area contributed by atoms with E-state index in [2.05, 4.69) is 5.32 Å². The summed E-state index contributed by atoms with van der Waals surface area (Å²) in [6, 6.07) is 5.81. The topological polar surface area (TPSA) is 59.2 Å². The highest BCUT2D eigenvalue weighted by Crippen LogP contribution is 2.30. The van der Waals surface area contributed by atoms with Gasteiger partial charge in [0, 0.05) is 14.1 Å². The lowest BCUT2D eigenvalue weighted by molar-refractivity contribution is 0.0890. The number of aliphatic hydroxyl groups excluding tert-OH is 1. The van der Waals surface area contributed by atoms with Gasteiger partial charge in [-0.1, -0.05) is 6.07 Å². The number of rotatable bonds is 2. The van der Waals surface area contributed by atoms with Crippen molar-refractivity contribution in [2.24, 2.45) is 20.0 Å². The van der Waals surface area contributed by atoms with E-state index in [4.69, 9.17) is 0 Å². The van der Waals surface area contributed by atoms with Gasteiger partial charge in [-0.2, -0.15) is 0 Å². The number of hydrogen-bond acceptors (Lipinski definition) is 3. The van der Waals surface area contributed by atoms with Crippen LogP contribution in [0, 0.1) is 5.92 Å². The molecule has 1 atom stereocenters. The summed E-state index contributed by atoms with van der Waals surface area (Å²) < 4.78 is 3.27. The molecule has 5 heteroatoms. The monoisotopic (exact) mass is 275 g/mol. The Morgan fingerprint density at radius 2 is 1.85 bits per heavy atom. The maximum Gasteiger partial charge on any atom is 0.328 e. The van der Waals surface area contributed by atoms with Crippen molar-refractivity contribution < 1.29 is 5.11 Å². The van der Waals surface area contributed by atoms with Crippen LogP contribution in [0.2, 0.25) is 0 Å². The third kappa shape index (κ3) is 2.07. The van der Waals surface area contributed by atoms with Gasteiger partial charge in [0.25, 0.3) is 0 Å². The van der Waals surface area contributed by atoms with Crippen LogP contribution in [0.5, 0.6) is 0 Å². The predicted molar refractivity (Wildman–Crippen MR) is 78.7 cm³/mol. The summed E-state index contributed by atoms with van der Waals surface area (Å²) in [6.07, 6.45) is 1.54. The van der Waals surface area contributed by atoms with E-state index in [0.717, 1.165) is 42.5 Å². The Bertz CT molecular complexity index is 680. The van der Waals surface area contributed by atoms with Crippen molar-refractivity contribution in [3.05, 3.63) is 34.2 Å². The van der Waals surface area contributed by atoms with Crippen LogP contribution in [-0.2, 0) is 14.1 Å². The maximum atomic E-state index is 11.9. The van der Waals surface area contributed by atoms with Crippen LogP contribution in [-0.4, -0.2) is 27.3 Å². The van der Waals surface area contributed by atoms with E-state index >= 15 is 0 Å². The number of aliphatic hydroxyl groups is 1. The zero-order valence-corrected chi connectivity index (χ0v) is 12.0. The Balaban J connectivity index is 2.00. The first kappa shape index (κ1) is 13.4. The summed E-state index contributed by atoms with van der Waals surface area (Å²) in [5, 5.41) is 13.9. The van der Waals surface area contributed by atoms with Crippen LogP contribution in [0.4, 0.5) is 0 Å². The lowest BCUT2D eigenvalue weighted by atomic mass is 9.88. The molecular formula is C15H21N3O2. The van der Waals surface area contributed by atoms with Gasteiger partial charge >= 0.3 is 5.69 Å². The molecular weight excluding hydrogens is 254 g/mol. The summed E-state index contributed by atoms with van der Waals surface area (Å²) in [6.45, 7) is 1.93. The molecule has 2 aromatic rings. The van der Waals surface area contributed by atoms with E-state index in [0.29, 0.717) is 5.92 Å². The predicted octanol–water partition coefficient (Wildman–Crippen LogP) is 0.910. The molecule has 1 unspecified atom stereocenters. The second kappa shape index (κ2) is 5.07. The van der Waals surface area contributed by atoms with E-state index in [1.807, 2.05) is 18.2 Å². The minimum Gasteiger partial charge on any atom is -0.388 e. The van der Waals surface area contributed by atoms with Crippen LogP contribution in [0.15, 0.2) is 23.0 Å². The molecule has 1 aromatic heterocycles. The smallest absolute Gasteiger partial charge is 0.328 e. The average Bonchev–Trinajstić information content (AvgIpc) is 2.72. The van der Waals surface area contributed by atoms with Crippen LogP contribution in [0.3, 0.4) is 0 Å². The highest BCUT2D eigenvalue weighted by atomic mass is 16.3. The molecule has 1 aromatic carbocycles. The van der Waals surface area contributed by atoms with Crippen molar-refractivity contribution in [2.45, 2.75) is 18.9 Å². The van der Waals surface area contributed by atoms with Crippen molar-refractivity contribution >= 4 is 11.0 Å². The number of benzene rings is 1. The number of nitrogens with zero attached hydrogens (tertiary/aromatic N) is 2. The summed E-state index contributed by atoms with van der Waals surface area (Å²) >= 11 is 0. The molecule has 0 radical (unpaired) electrons. The minimum atomic E-state index is -0.447. The number of fused-ring (bicyclic) bond motifs is 1. The first-order chi connectivity index (χ1) is 9.59. The zero-order chi connectivity index (χ0) is 14.3. The van der Waals surface area contributed by atoms with Gasteiger partial charge in [0.15, 0.2) is 0 Å². The van der Waals surface area contributed by atoms with Crippen molar-refractivity contribution in [3.63, 3.8) is 0 Å². The molecule has 20 heavy (non-hydrogen) atoms. The fraction of sp³-hybridized carbons (Fsp3) is 0.533. The van der Waals surface area contributed by atoms with Crippen molar-refractivity contribution in [2.75, 3.05) is 13.1 Å². The average molecular weight is 275 g/mol. The summed E-state index contributed by atoms with van der Waals surface area (Å²) in [7, 11) is 3.54. The Hall–Kier alpha value is -1.59. The van der Waals surface area contributed by atoms with Crippen molar-refractivity contribution in [3.8, 4) is 0 Å². The van der Waals surface area contributed by atoms with Gasteiger partial charge in [-0.3, -0.25) is 9.13 Å². The lowest BCUT2D eigenvalue weighted by Crippen LogP contribution is -2.30. The lowest BCUT2D eigenvalue weighted by Gasteiger charge is -2.27. The second-order valence-corrected chi connectivity index (χ2v) is 5.68. The van der Waals surface area contributed by atoms with Crippen LogP contribution < -0.4 is 11.0 Å². The van der Waals surface area contributed by atoms with Gasteiger partial charge in [-0.15, -0.1) is 0 Å². The van der Waals surface area contributed by atoms with Crippen molar-refractivity contribution in [1.82, 2.24) is 14.5 Å². The molecule has 2 heterocycles. The second-order valence-electron chi connectivity index (χ2n) is 5.68. The zero-order valence-electron chi connectivity index (χ0n) is 12.0. The van der Waals surface area contributed by atoms with Gasteiger partial charge < -0.3 is 10.4 Å². The van der Waals surface area contributed by atoms with Gasteiger partial charge in [0.2, 0.25) is 0 Å². The van der Waals surface area contributed by atoms with Crippen molar-refractivity contribution in [1.29, 1.82) is 0 Å². The SMILES string of the molecule is Cn1c(=O)n(C)c2cc(C(O)C3CCNCC3)ccc21. The number of aromatic nitrogens is 2. The number of piperidine rings is 1. The van der Waals surface area contributed by atoms with E-state index in [9.17, 15) is 9.90 Å². The van der Waals surface area contributed by atoms with Gasteiger partial charge in [0.1, 0.15) is 0 Å². The first-order valence-corrected chi connectivity index (χ1v) is 7.13. The molecule has 2 N–H and O–H groups in total. The Kier molecular flexibility index (Phi) is 3.40. The number of nitrogens with one attached hydrogen (secondary N) is 1. The molecule has 1 saturated heterocycles. The Morgan fingerprint density at radius 1 is 1.20 bits per heavy atom. The first-order valence-electron chi connectivity index (χ1n) is 7.13. The standard InChI is InChI=1S/C15H21N3O2/c1-17-12-4-3-11(9-13(12)18(2)15(17)20)14(19)10-5-7-16-8-6-10/h3-4,9-10,14,16,19H,5-8H2,1-2H3. The third-order valence-electron chi connectivity index (χ3n) is 4.47. The fourth-order valence-corrected chi connectivity index (χ4v) is 3.14.